The Morgan fingerprint density at radius 3 is 2.40 bits per heavy atom. The number of aliphatic hydroxyl groups excluding tert-OH is 2. The molecule has 0 unspecified atom stereocenters. The van der Waals surface area contributed by atoms with E-state index in [9.17, 15) is 0 Å². The Morgan fingerprint density at radius 2 is 2.10 bits per heavy atom. The summed E-state index contributed by atoms with van der Waals surface area (Å²) >= 11 is 1.49. The first-order chi connectivity index (χ1) is 4.79. The van der Waals surface area contributed by atoms with Gasteiger partial charge < -0.3 is 10.2 Å². The molecule has 1 aromatic rings. The normalized spacial score (nSPS) is 10.3. The quantitative estimate of drug-likeness (QED) is 0.675. The van der Waals surface area contributed by atoms with Gasteiger partial charge in [0, 0.05) is 4.88 Å². The first-order valence-corrected chi connectivity index (χ1v) is 3.95. The molecule has 0 aliphatic heterocycles. The summed E-state index contributed by atoms with van der Waals surface area (Å²) in [5, 5.41) is 19.4. The van der Waals surface area contributed by atoms with E-state index >= 15 is 0 Å². The van der Waals surface area contributed by atoms with Crippen LogP contribution in [-0.2, 0) is 13.2 Å². The van der Waals surface area contributed by atoms with Crippen molar-refractivity contribution in [1.29, 1.82) is 0 Å². The zero-order valence-corrected chi connectivity index (χ0v) is 6.61. The van der Waals surface area contributed by atoms with Crippen LogP contribution in [0.1, 0.15) is 16.0 Å². The molecule has 0 spiro atoms. The largest absolute Gasteiger partial charge is 0.392 e. The van der Waals surface area contributed by atoms with Crippen molar-refractivity contribution in [3.8, 4) is 0 Å². The van der Waals surface area contributed by atoms with E-state index in [0.29, 0.717) is 0 Å². The minimum atomic E-state index is 0.0718. The van der Waals surface area contributed by atoms with Crippen molar-refractivity contribution in [3.63, 3.8) is 0 Å². The molecule has 0 amide bonds. The zero-order chi connectivity index (χ0) is 7.56. The number of rotatable bonds is 2. The maximum atomic E-state index is 8.76. The van der Waals surface area contributed by atoms with Crippen LogP contribution in [0.25, 0.3) is 0 Å². The summed E-state index contributed by atoms with van der Waals surface area (Å²) in [6.45, 7) is 2.06. The second-order valence-electron chi connectivity index (χ2n) is 2.13. The molecule has 10 heavy (non-hydrogen) atoms. The molecule has 0 atom stereocenters. The molecule has 1 rings (SSSR count). The third-order valence-electron chi connectivity index (χ3n) is 1.56. The van der Waals surface area contributed by atoms with E-state index in [4.69, 9.17) is 10.2 Å². The van der Waals surface area contributed by atoms with Gasteiger partial charge in [-0.05, 0) is 23.4 Å². The van der Waals surface area contributed by atoms with Gasteiger partial charge in [0.1, 0.15) is 0 Å². The Balaban J connectivity index is 2.97. The number of hydrogen-bond donors (Lipinski definition) is 2. The van der Waals surface area contributed by atoms with E-state index in [0.717, 1.165) is 16.0 Å². The van der Waals surface area contributed by atoms with Crippen LogP contribution >= 0.6 is 11.3 Å². The van der Waals surface area contributed by atoms with Gasteiger partial charge in [0.2, 0.25) is 0 Å². The summed E-state index contributed by atoms with van der Waals surface area (Å²) in [7, 11) is 0. The van der Waals surface area contributed by atoms with Crippen LogP contribution in [0.15, 0.2) is 5.38 Å². The predicted molar refractivity (Wildman–Crippen MR) is 40.9 cm³/mol. The summed E-state index contributed by atoms with van der Waals surface area (Å²) in [6, 6.07) is 0. The van der Waals surface area contributed by atoms with Crippen LogP contribution in [0.2, 0.25) is 0 Å². The third-order valence-corrected chi connectivity index (χ3v) is 2.68. The highest BCUT2D eigenvalue weighted by molar-refractivity contribution is 7.10. The van der Waals surface area contributed by atoms with Gasteiger partial charge in [-0.1, -0.05) is 0 Å². The topological polar surface area (TPSA) is 40.5 Å². The van der Waals surface area contributed by atoms with Crippen LogP contribution in [0.4, 0.5) is 0 Å². The molecule has 56 valence electrons. The Bertz CT molecular complexity index is 196. The van der Waals surface area contributed by atoms with Gasteiger partial charge in [-0.3, -0.25) is 0 Å². The summed E-state index contributed by atoms with van der Waals surface area (Å²) < 4.78 is 0. The lowest BCUT2D eigenvalue weighted by atomic mass is 10.2. The molecule has 1 heterocycles. The van der Waals surface area contributed by atoms with Crippen LogP contribution in [0.5, 0.6) is 0 Å². The van der Waals surface area contributed by atoms with Crippen LogP contribution in [0, 0.1) is 6.92 Å². The van der Waals surface area contributed by atoms with Crippen LogP contribution in [0.3, 0.4) is 0 Å². The zero-order valence-electron chi connectivity index (χ0n) is 5.79. The number of aliphatic hydroxyl groups is 2. The third kappa shape index (κ3) is 1.21. The highest BCUT2D eigenvalue weighted by Gasteiger charge is 2.03. The predicted octanol–water partition coefficient (Wildman–Crippen LogP) is 1.04. The van der Waals surface area contributed by atoms with Crippen molar-refractivity contribution in [2.45, 2.75) is 20.1 Å². The average molecular weight is 158 g/mol. The fourth-order valence-corrected chi connectivity index (χ4v) is 1.73. The Morgan fingerprint density at radius 1 is 1.40 bits per heavy atom. The van der Waals surface area contributed by atoms with Crippen LogP contribution in [-0.4, -0.2) is 10.2 Å². The van der Waals surface area contributed by atoms with Crippen molar-refractivity contribution < 1.29 is 10.2 Å². The van der Waals surface area contributed by atoms with Crippen molar-refractivity contribution in [2.75, 3.05) is 0 Å². The summed E-state index contributed by atoms with van der Waals surface area (Å²) in [5.74, 6) is 0. The standard InChI is InChI=1S/C7H10O2S/c1-5-6(2-8)4-10-7(5)3-9/h4,8-9H,2-3H2,1H3. The van der Waals surface area contributed by atoms with Crippen LogP contribution < -0.4 is 0 Å². The van der Waals surface area contributed by atoms with Gasteiger partial charge in [0.05, 0.1) is 13.2 Å². The monoisotopic (exact) mass is 158 g/mol. The van der Waals surface area contributed by atoms with Crippen molar-refractivity contribution in [3.05, 3.63) is 21.4 Å². The fraction of sp³-hybridized carbons (Fsp3) is 0.429. The summed E-state index contributed by atoms with van der Waals surface area (Å²) in [6.07, 6.45) is 0. The van der Waals surface area contributed by atoms with Gasteiger partial charge in [0.25, 0.3) is 0 Å². The highest BCUT2D eigenvalue weighted by Crippen LogP contribution is 2.21. The molecule has 0 bridgehead atoms. The van der Waals surface area contributed by atoms with Gasteiger partial charge >= 0.3 is 0 Å². The number of thiophene rings is 1. The first kappa shape index (κ1) is 7.72. The minimum Gasteiger partial charge on any atom is -0.392 e. The van der Waals surface area contributed by atoms with Crippen molar-refractivity contribution in [1.82, 2.24) is 0 Å². The summed E-state index contributed by atoms with van der Waals surface area (Å²) in [4.78, 5) is 0.948. The molecule has 3 heteroatoms. The molecule has 2 nitrogen and oxygen atoms in total. The Hall–Kier alpha value is -0.380. The SMILES string of the molecule is Cc1c(CO)csc1CO. The summed E-state index contributed by atoms with van der Waals surface area (Å²) in [5.41, 5.74) is 1.95. The minimum absolute atomic E-state index is 0.0718. The van der Waals surface area contributed by atoms with Gasteiger partial charge in [-0.2, -0.15) is 0 Å². The van der Waals surface area contributed by atoms with Gasteiger partial charge in [0.15, 0.2) is 0 Å². The fourth-order valence-electron chi connectivity index (χ4n) is 0.810. The Kier molecular flexibility index (Phi) is 2.43. The molecular formula is C7H10O2S. The second-order valence-corrected chi connectivity index (χ2v) is 3.09. The smallest absolute Gasteiger partial charge is 0.0777 e. The lowest BCUT2D eigenvalue weighted by Gasteiger charge is -1.94. The molecule has 0 aromatic carbocycles. The molecular weight excluding hydrogens is 148 g/mol. The lowest BCUT2D eigenvalue weighted by Crippen LogP contribution is -1.85. The highest BCUT2D eigenvalue weighted by atomic mass is 32.1. The molecule has 1 aromatic heterocycles. The lowest BCUT2D eigenvalue weighted by molar-refractivity contribution is 0.277. The maximum Gasteiger partial charge on any atom is 0.0777 e. The van der Waals surface area contributed by atoms with E-state index < -0.39 is 0 Å². The van der Waals surface area contributed by atoms with Gasteiger partial charge in [-0.15, -0.1) is 11.3 Å². The molecule has 0 radical (unpaired) electrons. The average Bonchev–Trinajstić information content (AvgIpc) is 2.30. The van der Waals surface area contributed by atoms with Crippen molar-refractivity contribution in [2.24, 2.45) is 0 Å². The second kappa shape index (κ2) is 3.14. The molecule has 0 aliphatic carbocycles. The maximum absolute atomic E-state index is 8.76. The molecule has 0 saturated heterocycles. The first-order valence-electron chi connectivity index (χ1n) is 3.07. The number of hydrogen-bond acceptors (Lipinski definition) is 3. The Labute approximate surface area is 63.8 Å². The van der Waals surface area contributed by atoms with E-state index in [1.807, 2.05) is 12.3 Å². The molecule has 0 aliphatic rings. The van der Waals surface area contributed by atoms with E-state index in [2.05, 4.69) is 0 Å². The van der Waals surface area contributed by atoms with Crippen molar-refractivity contribution >= 4 is 11.3 Å². The molecule has 0 saturated carbocycles. The molecule has 0 fully saturated rings. The molecule has 2 N–H and O–H groups in total. The van der Waals surface area contributed by atoms with Gasteiger partial charge in [-0.25, -0.2) is 0 Å². The van der Waals surface area contributed by atoms with E-state index in [1.165, 1.54) is 11.3 Å². The van der Waals surface area contributed by atoms with E-state index in [-0.39, 0.29) is 13.2 Å². The van der Waals surface area contributed by atoms with E-state index in [1.54, 1.807) is 0 Å².